The van der Waals surface area contributed by atoms with Crippen LogP contribution in [0.1, 0.15) is 12.0 Å². The van der Waals surface area contributed by atoms with Crippen LogP contribution in [0.5, 0.6) is 0 Å². The molecule has 2 aromatic rings. The summed E-state index contributed by atoms with van der Waals surface area (Å²) in [6.45, 7) is 4.17. The van der Waals surface area contributed by atoms with Gasteiger partial charge in [0, 0.05) is 42.8 Å². The molecule has 0 bridgehead atoms. The molecule has 2 fully saturated rings. The molecule has 146 valence electrons. The third kappa shape index (κ3) is 4.08. The molecule has 7 heteroatoms. The molecule has 0 N–H and O–H groups in total. The summed E-state index contributed by atoms with van der Waals surface area (Å²) in [5, 5.41) is 0.808. The van der Waals surface area contributed by atoms with Crippen molar-refractivity contribution < 1.29 is 9.59 Å². The molecule has 2 aliphatic rings. The van der Waals surface area contributed by atoms with Crippen molar-refractivity contribution in [3.05, 3.63) is 64.1 Å². The smallest absolute Gasteiger partial charge is 0.251 e. The van der Waals surface area contributed by atoms with Crippen LogP contribution in [-0.2, 0) is 16.1 Å². The fourth-order valence-corrected chi connectivity index (χ4v) is 4.43. The molecular weight excluding hydrogens is 397 g/mol. The van der Waals surface area contributed by atoms with Gasteiger partial charge in [-0.25, -0.2) is 4.90 Å². The van der Waals surface area contributed by atoms with E-state index in [0.717, 1.165) is 32.7 Å². The number of carbonyl (C=O) groups excluding carboxylic acids is 2. The van der Waals surface area contributed by atoms with Crippen molar-refractivity contribution >= 4 is 40.7 Å². The minimum absolute atomic E-state index is 0.195. The Hall–Kier alpha value is -1.92. The molecule has 1 atom stereocenters. The first-order chi connectivity index (χ1) is 13.5. The third-order valence-corrected chi connectivity index (χ3v) is 5.76. The number of benzene rings is 2. The summed E-state index contributed by atoms with van der Waals surface area (Å²) in [6.07, 6.45) is 0.196. The van der Waals surface area contributed by atoms with Crippen molar-refractivity contribution in [1.82, 2.24) is 9.80 Å². The molecule has 28 heavy (non-hydrogen) atoms. The van der Waals surface area contributed by atoms with Gasteiger partial charge in [0.25, 0.3) is 5.91 Å². The van der Waals surface area contributed by atoms with Crippen molar-refractivity contribution in [2.45, 2.75) is 19.0 Å². The van der Waals surface area contributed by atoms with Gasteiger partial charge in [0.1, 0.15) is 0 Å². The second kappa shape index (κ2) is 8.21. The molecule has 0 aromatic heterocycles. The van der Waals surface area contributed by atoms with Gasteiger partial charge < -0.3 is 0 Å². The maximum absolute atomic E-state index is 13.0. The molecule has 5 nitrogen and oxygen atoms in total. The van der Waals surface area contributed by atoms with Crippen LogP contribution >= 0.6 is 23.2 Å². The van der Waals surface area contributed by atoms with Gasteiger partial charge in [0.15, 0.2) is 0 Å². The molecule has 0 saturated carbocycles. The second-order valence-corrected chi connectivity index (χ2v) is 8.09. The zero-order valence-electron chi connectivity index (χ0n) is 15.4. The maximum Gasteiger partial charge on any atom is 0.251 e. The van der Waals surface area contributed by atoms with E-state index in [1.54, 1.807) is 18.2 Å². The molecule has 2 aliphatic heterocycles. The summed E-state index contributed by atoms with van der Waals surface area (Å²) in [5.41, 5.74) is 1.73. The standard InChI is InChI=1S/C21H21Cl2N3O2/c22-16-10-17(23)12-18(11-16)26-20(27)13-19(21(26)28)25-8-6-24(7-9-25)14-15-4-2-1-3-5-15/h1-5,10-12,19H,6-9,13-14H2. The van der Waals surface area contributed by atoms with Crippen LogP contribution in [0, 0.1) is 0 Å². The molecule has 2 saturated heterocycles. The minimum Gasteiger partial charge on any atom is -0.297 e. The van der Waals surface area contributed by atoms with E-state index in [0.29, 0.717) is 15.7 Å². The van der Waals surface area contributed by atoms with E-state index in [-0.39, 0.29) is 18.2 Å². The van der Waals surface area contributed by atoms with Gasteiger partial charge in [0.05, 0.1) is 18.2 Å². The van der Waals surface area contributed by atoms with Gasteiger partial charge in [-0.05, 0) is 23.8 Å². The number of rotatable bonds is 4. The number of piperazine rings is 1. The number of hydrogen-bond donors (Lipinski definition) is 0. The van der Waals surface area contributed by atoms with Crippen molar-refractivity contribution in [2.75, 3.05) is 31.1 Å². The minimum atomic E-state index is -0.413. The highest BCUT2D eigenvalue weighted by Crippen LogP contribution is 2.31. The second-order valence-electron chi connectivity index (χ2n) is 7.21. The molecule has 1 unspecified atom stereocenters. The lowest BCUT2D eigenvalue weighted by atomic mass is 10.1. The lowest BCUT2D eigenvalue weighted by molar-refractivity contribution is -0.123. The Morgan fingerprint density at radius 2 is 1.54 bits per heavy atom. The Balaban J connectivity index is 1.40. The predicted molar refractivity (Wildman–Crippen MR) is 111 cm³/mol. The molecular formula is C21H21Cl2N3O2. The number of amides is 2. The normalized spacial score (nSPS) is 21.5. The van der Waals surface area contributed by atoms with Crippen molar-refractivity contribution in [2.24, 2.45) is 0 Å². The zero-order valence-corrected chi connectivity index (χ0v) is 16.9. The SMILES string of the molecule is O=C1CC(N2CCN(Cc3ccccc3)CC2)C(=O)N1c1cc(Cl)cc(Cl)c1. The molecule has 2 heterocycles. The number of imide groups is 1. The average Bonchev–Trinajstić information content (AvgIpc) is 2.97. The Morgan fingerprint density at radius 3 is 2.18 bits per heavy atom. The first kappa shape index (κ1) is 19.4. The number of hydrogen-bond acceptors (Lipinski definition) is 4. The summed E-state index contributed by atoms with van der Waals surface area (Å²) >= 11 is 12.1. The van der Waals surface area contributed by atoms with E-state index in [9.17, 15) is 9.59 Å². The van der Waals surface area contributed by atoms with Crippen molar-refractivity contribution in [1.29, 1.82) is 0 Å². The number of nitrogens with zero attached hydrogens (tertiary/aromatic N) is 3. The van der Waals surface area contributed by atoms with Gasteiger partial charge in [-0.2, -0.15) is 0 Å². The summed E-state index contributed by atoms with van der Waals surface area (Å²) in [5.74, 6) is -0.403. The predicted octanol–water partition coefficient (Wildman–Crippen LogP) is 3.44. The summed E-state index contributed by atoms with van der Waals surface area (Å²) in [7, 11) is 0. The van der Waals surface area contributed by atoms with Gasteiger partial charge >= 0.3 is 0 Å². The molecule has 2 aromatic carbocycles. The maximum atomic E-state index is 13.0. The lowest BCUT2D eigenvalue weighted by Gasteiger charge is -2.37. The van der Waals surface area contributed by atoms with Crippen molar-refractivity contribution in [3.63, 3.8) is 0 Å². The Bertz CT molecular complexity index is 862. The number of anilines is 1. The van der Waals surface area contributed by atoms with Crippen LogP contribution in [0.25, 0.3) is 0 Å². The van der Waals surface area contributed by atoms with Gasteiger partial charge in [-0.15, -0.1) is 0 Å². The fourth-order valence-electron chi connectivity index (χ4n) is 3.92. The van der Waals surface area contributed by atoms with Crippen molar-refractivity contribution in [3.8, 4) is 0 Å². The molecule has 0 spiro atoms. The van der Waals surface area contributed by atoms with Crippen LogP contribution < -0.4 is 4.90 Å². The average molecular weight is 418 g/mol. The monoisotopic (exact) mass is 417 g/mol. The van der Waals surface area contributed by atoms with E-state index < -0.39 is 6.04 Å². The fraction of sp³-hybridized carbons (Fsp3) is 0.333. The van der Waals surface area contributed by atoms with E-state index in [4.69, 9.17) is 23.2 Å². The van der Waals surface area contributed by atoms with E-state index in [2.05, 4.69) is 21.9 Å². The topological polar surface area (TPSA) is 43.9 Å². The number of carbonyl (C=O) groups is 2. The number of halogens is 2. The van der Waals surface area contributed by atoms with Crippen LogP contribution in [0.3, 0.4) is 0 Å². The summed E-state index contributed by atoms with van der Waals surface area (Å²) in [6, 6.07) is 14.7. The largest absolute Gasteiger partial charge is 0.297 e. The molecule has 4 rings (SSSR count). The first-order valence-corrected chi connectivity index (χ1v) is 10.1. The van der Waals surface area contributed by atoms with Gasteiger partial charge in [-0.1, -0.05) is 53.5 Å². The van der Waals surface area contributed by atoms with E-state index in [1.807, 2.05) is 18.2 Å². The third-order valence-electron chi connectivity index (χ3n) is 5.32. The zero-order chi connectivity index (χ0) is 19.7. The van der Waals surface area contributed by atoms with Crippen LogP contribution in [0.4, 0.5) is 5.69 Å². The van der Waals surface area contributed by atoms with E-state index >= 15 is 0 Å². The van der Waals surface area contributed by atoms with Crippen LogP contribution in [0.15, 0.2) is 48.5 Å². The van der Waals surface area contributed by atoms with Crippen LogP contribution in [0.2, 0.25) is 10.0 Å². The van der Waals surface area contributed by atoms with Gasteiger partial charge in [0.2, 0.25) is 5.91 Å². The summed E-state index contributed by atoms with van der Waals surface area (Å²) in [4.78, 5) is 31.2. The quantitative estimate of drug-likeness (QED) is 0.714. The molecule has 2 amide bonds. The highest BCUT2D eigenvalue weighted by Gasteiger charge is 2.43. The van der Waals surface area contributed by atoms with E-state index in [1.165, 1.54) is 10.5 Å². The Labute approximate surface area is 174 Å². The summed E-state index contributed by atoms with van der Waals surface area (Å²) < 4.78 is 0. The van der Waals surface area contributed by atoms with Crippen LogP contribution in [-0.4, -0.2) is 53.8 Å². The molecule has 0 aliphatic carbocycles. The highest BCUT2D eigenvalue weighted by atomic mass is 35.5. The molecule has 0 radical (unpaired) electrons. The first-order valence-electron chi connectivity index (χ1n) is 9.34. The lowest BCUT2D eigenvalue weighted by Crippen LogP contribution is -2.52. The Kier molecular flexibility index (Phi) is 5.69. The highest BCUT2D eigenvalue weighted by molar-refractivity contribution is 6.35. The Morgan fingerprint density at radius 1 is 0.893 bits per heavy atom. The van der Waals surface area contributed by atoms with Gasteiger partial charge in [-0.3, -0.25) is 19.4 Å².